The van der Waals surface area contributed by atoms with Gasteiger partial charge >= 0.3 is 0 Å². The Bertz CT molecular complexity index is 307. The number of aryl methyl sites for hydroxylation is 1. The van der Waals surface area contributed by atoms with Crippen molar-refractivity contribution in [1.29, 1.82) is 0 Å². The summed E-state index contributed by atoms with van der Waals surface area (Å²) in [5, 5.41) is 4.16. The van der Waals surface area contributed by atoms with E-state index >= 15 is 0 Å². The van der Waals surface area contributed by atoms with Crippen LogP contribution in [0.3, 0.4) is 0 Å². The Labute approximate surface area is 84.7 Å². The molecule has 2 atom stereocenters. The van der Waals surface area contributed by atoms with Crippen molar-refractivity contribution in [1.82, 2.24) is 14.7 Å². The Morgan fingerprint density at radius 2 is 2.29 bits per heavy atom. The summed E-state index contributed by atoms with van der Waals surface area (Å²) in [6.07, 6.45) is 5.06. The van der Waals surface area contributed by atoms with Crippen LogP contribution in [0.2, 0.25) is 0 Å². The standard InChI is InChI=1S/C10H18N4/c1-13-6-9(10(11)7-13)3-8-4-12-14(2)5-8/h4-5,9-10H,3,6-7,11H2,1-2H3. The number of aromatic nitrogens is 2. The van der Waals surface area contributed by atoms with Crippen LogP contribution in [0.4, 0.5) is 0 Å². The summed E-state index contributed by atoms with van der Waals surface area (Å²) in [6, 6.07) is 0.320. The minimum atomic E-state index is 0.320. The maximum atomic E-state index is 6.06. The second kappa shape index (κ2) is 3.71. The number of likely N-dealkylation sites (N-methyl/N-ethyl adjacent to an activating group) is 1. The highest BCUT2D eigenvalue weighted by Gasteiger charge is 2.27. The van der Waals surface area contributed by atoms with Gasteiger partial charge in [-0.2, -0.15) is 5.10 Å². The van der Waals surface area contributed by atoms with Crippen molar-refractivity contribution in [3.63, 3.8) is 0 Å². The summed E-state index contributed by atoms with van der Waals surface area (Å²) in [4.78, 5) is 2.30. The molecule has 2 unspecified atom stereocenters. The van der Waals surface area contributed by atoms with E-state index in [-0.39, 0.29) is 0 Å². The molecule has 0 saturated carbocycles. The molecule has 2 N–H and O–H groups in total. The van der Waals surface area contributed by atoms with Gasteiger partial charge in [0.1, 0.15) is 0 Å². The molecule has 1 aliphatic rings. The number of likely N-dealkylation sites (tertiary alicyclic amines) is 1. The Balaban J connectivity index is 1.98. The lowest BCUT2D eigenvalue weighted by Gasteiger charge is -2.12. The van der Waals surface area contributed by atoms with E-state index in [2.05, 4.69) is 23.2 Å². The molecule has 4 nitrogen and oxygen atoms in total. The molecule has 0 aromatic carbocycles. The summed E-state index contributed by atoms with van der Waals surface area (Å²) >= 11 is 0. The molecule has 0 spiro atoms. The van der Waals surface area contributed by atoms with Crippen LogP contribution >= 0.6 is 0 Å². The summed E-state index contributed by atoms with van der Waals surface area (Å²) in [5.74, 6) is 0.587. The second-order valence-corrected chi connectivity index (χ2v) is 4.37. The number of nitrogens with zero attached hydrogens (tertiary/aromatic N) is 3. The third-order valence-electron chi connectivity index (χ3n) is 2.93. The lowest BCUT2D eigenvalue weighted by atomic mass is 9.97. The molecule has 2 heterocycles. The fourth-order valence-electron chi connectivity index (χ4n) is 2.22. The molecule has 0 aliphatic carbocycles. The average molecular weight is 194 g/mol. The summed E-state index contributed by atoms with van der Waals surface area (Å²) in [5.41, 5.74) is 7.35. The van der Waals surface area contributed by atoms with Crippen molar-refractivity contribution >= 4 is 0 Å². The molecule has 4 heteroatoms. The van der Waals surface area contributed by atoms with Gasteiger partial charge in [-0.25, -0.2) is 0 Å². The molecule has 1 aromatic rings. The first kappa shape index (κ1) is 9.68. The van der Waals surface area contributed by atoms with E-state index < -0.39 is 0 Å². The highest BCUT2D eigenvalue weighted by Crippen LogP contribution is 2.18. The van der Waals surface area contributed by atoms with Crippen molar-refractivity contribution < 1.29 is 0 Å². The third-order valence-corrected chi connectivity index (χ3v) is 2.93. The normalized spacial score (nSPS) is 28.5. The van der Waals surface area contributed by atoms with E-state index in [0.29, 0.717) is 12.0 Å². The predicted octanol–water partition coefficient (Wildman–Crippen LogP) is -0.148. The molecule has 0 radical (unpaired) electrons. The highest BCUT2D eigenvalue weighted by molar-refractivity contribution is 5.07. The average Bonchev–Trinajstić information content (AvgIpc) is 2.61. The number of rotatable bonds is 2. The second-order valence-electron chi connectivity index (χ2n) is 4.37. The van der Waals surface area contributed by atoms with Crippen molar-refractivity contribution in [3.8, 4) is 0 Å². The Kier molecular flexibility index (Phi) is 2.56. The van der Waals surface area contributed by atoms with E-state index in [1.165, 1.54) is 5.56 Å². The lowest BCUT2D eigenvalue weighted by Crippen LogP contribution is -2.30. The van der Waals surface area contributed by atoms with Crippen LogP contribution in [0, 0.1) is 5.92 Å². The fourth-order valence-corrected chi connectivity index (χ4v) is 2.22. The van der Waals surface area contributed by atoms with Gasteiger partial charge in [0, 0.05) is 32.4 Å². The predicted molar refractivity (Wildman–Crippen MR) is 55.9 cm³/mol. The van der Waals surface area contributed by atoms with Gasteiger partial charge in [-0.05, 0) is 24.9 Å². The zero-order valence-electron chi connectivity index (χ0n) is 8.85. The Morgan fingerprint density at radius 1 is 1.50 bits per heavy atom. The molecule has 78 valence electrons. The van der Waals surface area contributed by atoms with E-state index in [9.17, 15) is 0 Å². The van der Waals surface area contributed by atoms with Crippen molar-refractivity contribution in [2.75, 3.05) is 20.1 Å². The van der Waals surface area contributed by atoms with Crippen LogP contribution in [0.15, 0.2) is 12.4 Å². The highest BCUT2D eigenvalue weighted by atomic mass is 15.2. The maximum absolute atomic E-state index is 6.06. The molecule has 2 rings (SSSR count). The van der Waals surface area contributed by atoms with Gasteiger partial charge in [0.05, 0.1) is 6.20 Å². The van der Waals surface area contributed by atoms with Crippen LogP contribution in [-0.2, 0) is 13.5 Å². The largest absolute Gasteiger partial charge is 0.326 e. The lowest BCUT2D eigenvalue weighted by molar-refractivity contribution is 0.394. The number of nitrogens with two attached hydrogens (primary N) is 1. The quantitative estimate of drug-likeness (QED) is 0.712. The SMILES string of the molecule is CN1CC(N)C(Cc2cnn(C)c2)C1. The molecule has 1 aromatic heterocycles. The zero-order chi connectivity index (χ0) is 10.1. The van der Waals surface area contributed by atoms with Crippen LogP contribution < -0.4 is 5.73 Å². The minimum absolute atomic E-state index is 0.320. The molecule has 0 amide bonds. The van der Waals surface area contributed by atoms with Gasteiger partial charge in [0.2, 0.25) is 0 Å². The molecule has 1 fully saturated rings. The summed E-state index contributed by atoms with van der Waals surface area (Å²) in [7, 11) is 4.08. The molecular weight excluding hydrogens is 176 g/mol. The minimum Gasteiger partial charge on any atom is -0.326 e. The van der Waals surface area contributed by atoms with Crippen molar-refractivity contribution in [3.05, 3.63) is 18.0 Å². The smallest absolute Gasteiger partial charge is 0.0521 e. The number of hydrogen-bond acceptors (Lipinski definition) is 3. The van der Waals surface area contributed by atoms with Gasteiger partial charge in [0.25, 0.3) is 0 Å². The Hall–Kier alpha value is -0.870. The molecule has 0 bridgehead atoms. The third kappa shape index (κ3) is 1.96. The first-order valence-electron chi connectivity index (χ1n) is 5.07. The van der Waals surface area contributed by atoms with Gasteiger partial charge in [-0.1, -0.05) is 0 Å². The van der Waals surface area contributed by atoms with Crippen molar-refractivity contribution in [2.45, 2.75) is 12.5 Å². The van der Waals surface area contributed by atoms with E-state index in [4.69, 9.17) is 5.73 Å². The molecule has 1 aliphatic heterocycles. The molecule has 14 heavy (non-hydrogen) atoms. The van der Waals surface area contributed by atoms with Crippen LogP contribution in [-0.4, -0.2) is 40.9 Å². The van der Waals surface area contributed by atoms with Crippen LogP contribution in [0.5, 0.6) is 0 Å². The van der Waals surface area contributed by atoms with Gasteiger partial charge in [-0.3, -0.25) is 4.68 Å². The Morgan fingerprint density at radius 3 is 2.79 bits per heavy atom. The molecular formula is C10H18N4. The van der Waals surface area contributed by atoms with Gasteiger partial charge in [0.15, 0.2) is 0 Å². The maximum Gasteiger partial charge on any atom is 0.0521 e. The van der Waals surface area contributed by atoms with E-state index in [0.717, 1.165) is 19.5 Å². The van der Waals surface area contributed by atoms with E-state index in [1.807, 2.05) is 17.9 Å². The van der Waals surface area contributed by atoms with Gasteiger partial charge in [-0.15, -0.1) is 0 Å². The zero-order valence-corrected chi connectivity index (χ0v) is 8.85. The van der Waals surface area contributed by atoms with Crippen molar-refractivity contribution in [2.24, 2.45) is 18.7 Å². The monoisotopic (exact) mass is 194 g/mol. The molecule has 1 saturated heterocycles. The number of hydrogen-bond donors (Lipinski definition) is 1. The van der Waals surface area contributed by atoms with Crippen LogP contribution in [0.1, 0.15) is 5.56 Å². The van der Waals surface area contributed by atoms with Crippen LogP contribution in [0.25, 0.3) is 0 Å². The summed E-state index contributed by atoms with van der Waals surface area (Å²) in [6.45, 7) is 2.13. The summed E-state index contributed by atoms with van der Waals surface area (Å²) < 4.78 is 1.85. The van der Waals surface area contributed by atoms with E-state index in [1.54, 1.807) is 0 Å². The van der Waals surface area contributed by atoms with Gasteiger partial charge < -0.3 is 10.6 Å². The topological polar surface area (TPSA) is 47.1 Å². The first-order chi connectivity index (χ1) is 6.65. The fraction of sp³-hybridized carbons (Fsp3) is 0.700. The first-order valence-corrected chi connectivity index (χ1v) is 5.07.